The van der Waals surface area contributed by atoms with Gasteiger partial charge in [0.15, 0.2) is 6.10 Å². The van der Waals surface area contributed by atoms with Crippen molar-refractivity contribution in [1.29, 1.82) is 5.26 Å². The van der Waals surface area contributed by atoms with Crippen LogP contribution in [0.3, 0.4) is 0 Å². The fourth-order valence-corrected chi connectivity index (χ4v) is 0.276. The third-order valence-electron chi connectivity index (χ3n) is 0.468. The third-order valence-corrected chi connectivity index (χ3v) is 0.722. The Morgan fingerprint density at radius 3 is 2.57 bits per heavy atom. The number of hydrogen-bond donors (Lipinski definition) is 0. The van der Waals surface area contributed by atoms with Crippen molar-refractivity contribution < 1.29 is 4.43 Å². The van der Waals surface area contributed by atoms with Gasteiger partial charge < -0.3 is 4.43 Å². The summed E-state index contributed by atoms with van der Waals surface area (Å²) in [6, 6.07) is 1.81. The lowest BCUT2D eigenvalue weighted by molar-refractivity contribution is 0.334. The maximum absolute atomic E-state index is 8.05. The van der Waals surface area contributed by atoms with Crippen LogP contribution < -0.4 is 0 Å². The second-order valence-corrected chi connectivity index (χ2v) is 1.14. The second kappa shape index (κ2) is 3.59. The first-order valence-electron chi connectivity index (χ1n) is 1.69. The van der Waals surface area contributed by atoms with E-state index in [-0.39, 0.29) is 0 Å². The van der Waals surface area contributed by atoms with E-state index in [1.54, 1.807) is 0 Å². The Labute approximate surface area is 45.9 Å². The summed E-state index contributed by atoms with van der Waals surface area (Å²) in [6.07, 6.45) is 0.865. The second-order valence-electron chi connectivity index (χ2n) is 0.903. The van der Waals surface area contributed by atoms with Gasteiger partial charge in [-0.15, -0.1) is 0 Å². The van der Waals surface area contributed by atoms with E-state index in [4.69, 9.17) is 5.26 Å². The quantitative estimate of drug-likeness (QED) is 0.375. The molecule has 3 heteroatoms. The van der Waals surface area contributed by atoms with E-state index in [1.807, 2.05) is 6.07 Å². The van der Waals surface area contributed by atoms with Gasteiger partial charge in [0.1, 0.15) is 0 Å². The molecule has 3 radical (unpaired) electrons. The van der Waals surface area contributed by atoms with Gasteiger partial charge in [0, 0.05) is 0 Å². The molecule has 0 rings (SSSR count). The van der Waals surface area contributed by atoms with Gasteiger partial charge in [-0.3, -0.25) is 0 Å². The van der Waals surface area contributed by atoms with Crippen LogP contribution >= 0.6 is 0 Å². The highest BCUT2D eigenvalue weighted by molar-refractivity contribution is 5.98. The van der Waals surface area contributed by atoms with Crippen LogP contribution in [-0.2, 0) is 4.43 Å². The highest BCUT2D eigenvalue weighted by Gasteiger charge is 1.92. The molecule has 0 aromatic heterocycles. The average molecular weight is 110 g/mol. The third kappa shape index (κ3) is 2.15. The SMILES string of the molecule is C=CC(C#N)O[Si]. The van der Waals surface area contributed by atoms with Crippen molar-refractivity contribution in [3.05, 3.63) is 12.7 Å². The van der Waals surface area contributed by atoms with Gasteiger partial charge in [-0.2, -0.15) is 5.26 Å². The number of nitriles is 1. The van der Waals surface area contributed by atoms with Crippen LogP contribution in [0.4, 0.5) is 0 Å². The first kappa shape index (κ1) is 6.41. The van der Waals surface area contributed by atoms with Gasteiger partial charge in [-0.05, 0) is 6.08 Å². The Morgan fingerprint density at radius 2 is 2.57 bits per heavy atom. The summed E-state index contributed by atoms with van der Waals surface area (Å²) in [5.74, 6) is 0. The molecule has 0 N–H and O–H groups in total. The minimum atomic E-state index is -0.531. The smallest absolute Gasteiger partial charge is 0.248 e. The van der Waals surface area contributed by atoms with Crippen molar-refractivity contribution >= 4 is 10.5 Å². The molecule has 0 aromatic carbocycles. The summed E-state index contributed by atoms with van der Waals surface area (Å²) in [4.78, 5) is 0. The highest BCUT2D eigenvalue weighted by Crippen LogP contribution is 1.83. The molecule has 0 fully saturated rings. The molecule has 0 saturated heterocycles. The normalized spacial score (nSPS) is 12.0. The van der Waals surface area contributed by atoms with E-state index in [9.17, 15) is 0 Å². The summed E-state index contributed by atoms with van der Waals surface area (Å²) in [6.45, 7) is 3.32. The zero-order valence-electron chi connectivity index (χ0n) is 3.72. The first-order valence-corrected chi connectivity index (χ1v) is 2.10. The molecule has 0 amide bonds. The van der Waals surface area contributed by atoms with E-state index >= 15 is 0 Å². The molecule has 0 aliphatic carbocycles. The zero-order chi connectivity index (χ0) is 5.70. The van der Waals surface area contributed by atoms with Crippen LogP contribution in [-0.4, -0.2) is 16.6 Å². The van der Waals surface area contributed by atoms with Crippen LogP contribution in [0, 0.1) is 11.3 Å². The molecule has 0 spiro atoms. The van der Waals surface area contributed by atoms with Gasteiger partial charge in [0.25, 0.3) is 0 Å². The van der Waals surface area contributed by atoms with E-state index in [1.165, 1.54) is 6.08 Å². The van der Waals surface area contributed by atoms with Gasteiger partial charge in [-0.25, -0.2) is 0 Å². The minimum absolute atomic E-state index is 0.531. The van der Waals surface area contributed by atoms with E-state index in [0.717, 1.165) is 0 Å². The predicted octanol–water partition coefficient (Wildman–Crippen LogP) is 0.165. The Hall–Kier alpha value is -0.593. The molecule has 0 bridgehead atoms. The van der Waals surface area contributed by atoms with Crippen molar-refractivity contribution in [3.8, 4) is 6.07 Å². The standard InChI is InChI=1S/C4H4NOSi/c1-2-4(3-5)6-7/h2,4H,1H2. The molecule has 0 aliphatic heterocycles. The lowest BCUT2D eigenvalue weighted by Crippen LogP contribution is -2.01. The van der Waals surface area contributed by atoms with Crippen molar-refractivity contribution in [3.63, 3.8) is 0 Å². The Balaban J connectivity index is 3.43. The molecule has 0 heterocycles. The van der Waals surface area contributed by atoms with Crippen molar-refractivity contribution in [1.82, 2.24) is 0 Å². The zero-order valence-corrected chi connectivity index (χ0v) is 4.72. The Morgan fingerprint density at radius 1 is 2.00 bits per heavy atom. The van der Waals surface area contributed by atoms with E-state index < -0.39 is 6.10 Å². The predicted molar refractivity (Wildman–Crippen MR) is 26.4 cm³/mol. The van der Waals surface area contributed by atoms with Crippen LogP contribution in [0.25, 0.3) is 0 Å². The first-order chi connectivity index (χ1) is 3.35. The van der Waals surface area contributed by atoms with Crippen LogP contribution in [0.15, 0.2) is 12.7 Å². The van der Waals surface area contributed by atoms with Gasteiger partial charge in [0.2, 0.25) is 10.5 Å². The van der Waals surface area contributed by atoms with Gasteiger partial charge in [0.05, 0.1) is 6.07 Å². The summed E-state index contributed by atoms with van der Waals surface area (Å²) < 4.78 is 4.38. The lowest BCUT2D eigenvalue weighted by Gasteiger charge is -1.94. The van der Waals surface area contributed by atoms with E-state index in [2.05, 4.69) is 21.5 Å². The van der Waals surface area contributed by atoms with Crippen LogP contribution in [0.5, 0.6) is 0 Å². The Bertz CT molecular complexity index is 96.4. The van der Waals surface area contributed by atoms with Crippen molar-refractivity contribution in [2.24, 2.45) is 0 Å². The number of hydrogen-bond acceptors (Lipinski definition) is 2. The maximum atomic E-state index is 8.05. The molecule has 35 valence electrons. The fourth-order valence-electron chi connectivity index (χ4n) is 0.127. The molecule has 1 unspecified atom stereocenters. The van der Waals surface area contributed by atoms with Crippen LogP contribution in [0.2, 0.25) is 0 Å². The summed E-state index contributed by atoms with van der Waals surface area (Å²) >= 11 is 0. The highest BCUT2D eigenvalue weighted by atomic mass is 28.2. The molecular weight excluding hydrogens is 106 g/mol. The largest absolute Gasteiger partial charge is 0.400 e. The molecule has 1 atom stereocenters. The number of rotatable bonds is 2. The molecule has 0 aromatic rings. The topological polar surface area (TPSA) is 33.0 Å². The molecule has 2 nitrogen and oxygen atoms in total. The van der Waals surface area contributed by atoms with Gasteiger partial charge >= 0.3 is 0 Å². The minimum Gasteiger partial charge on any atom is -0.400 e. The summed E-state index contributed by atoms with van der Waals surface area (Å²) in [5.41, 5.74) is 0. The lowest BCUT2D eigenvalue weighted by atomic mass is 10.4. The molecule has 7 heavy (non-hydrogen) atoms. The Kier molecular flexibility index (Phi) is 3.29. The summed E-state index contributed by atoms with van der Waals surface area (Å²) in [7, 11) is 2.69. The van der Waals surface area contributed by atoms with E-state index in [0.29, 0.717) is 0 Å². The average Bonchev–Trinajstić information content (AvgIpc) is 1.72. The maximum Gasteiger partial charge on any atom is 0.248 e. The molecule has 0 saturated carbocycles. The van der Waals surface area contributed by atoms with Crippen molar-refractivity contribution in [2.45, 2.75) is 6.10 Å². The monoisotopic (exact) mass is 110 g/mol. The molecular formula is C4H4NOSi. The fraction of sp³-hybridized carbons (Fsp3) is 0.250. The van der Waals surface area contributed by atoms with Crippen LogP contribution in [0.1, 0.15) is 0 Å². The molecule has 0 aliphatic rings. The van der Waals surface area contributed by atoms with Crippen molar-refractivity contribution in [2.75, 3.05) is 0 Å². The number of nitrogens with zero attached hydrogens (tertiary/aromatic N) is 1. The van der Waals surface area contributed by atoms with Gasteiger partial charge in [-0.1, -0.05) is 6.58 Å². The summed E-state index contributed by atoms with van der Waals surface area (Å²) in [5, 5.41) is 8.05.